The minimum absolute atomic E-state index is 0.135. The zero-order chi connectivity index (χ0) is 17.2. The maximum atomic E-state index is 4.42. The van der Waals surface area contributed by atoms with Gasteiger partial charge in [0.25, 0.3) is 0 Å². The van der Waals surface area contributed by atoms with Gasteiger partial charge in [0.05, 0.1) is 5.52 Å². The van der Waals surface area contributed by atoms with Crippen LogP contribution in [0.2, 0.25) is 0 Å². The van der Waals surface area contributed by atoms with Crippen LogP contribution < -0.4 is 5.32 Å². The Bertz CT molecular complexity index is 1020. The van der Waals surface area contributed by atoms with Gasteiger partial charge < -0.3 is 5.32 Å². The van der Waals surface area contributed by atoms with Crippen LogP contribution >= 0.6 is 22.6 Å². The van der Waals surface area contributed by atoms with Crippen LogP contribution in [0, 0.1) is 10.5 Å². The first-order valence-electron chi connectivity index (χ1n) is 8.09. The minimum atomic E-state index is -0.135. The molecule has 0 aliphatic heterocycles. The fourth-order valence-electron chi connectivity index (χ4n) is 2.93. The van der Waals surface area contributed by atoms with E-state index in [-0.39, 0.29) is 6.17 Å². The molecular weight excluding hydrogens is 423 g/mol. The summed E-state index contributed by atoms with van der Waals surface area (Å²) in [5.41, 5.74) is 5.32. The van der Waals surface area contributed by atoms with E-state index >= 15 is 0 Å². The molecule has 3 aromatic carbocycles. The third-order valence-electron chi connectivity index (χ3n) is 4.11. The number of anilines is 1. The average Bonchev–Trinajstić information content (AvgIpc) is 3.04. The van der Waals surface area contributed by atoms with Crippen LogP contribution in [-0.4, -0.2) is 15.0 Å². The minimum Gasteiger partial charge on any atom is -0.360 e. The molecule has 0 fully saturated rings. The molecule has 0 aliphatic carbocycles. The second-order valence-corrected chi connectivity index (χ2v) is 7.24. The van der Waals surface area contributed by atoms with Gasteiger partial charge in [-0.15, -0.1) is 5.10 Å². The van der Waals surface area contributed by atoms with E-state index in [0.717, 1.165) is 22.3 Å². The second kappa shape index (κ2) is 6.84. The van der Waals surface area contributed by atoms with E-state index in [1.54, 1.807) is 0 Å². The van der Waals surface area contributed by atoms with Crippen LogP contribution in [0.4, 0.5) is 5.69 Å². The number of benzene rings is 3. The Morgan fingerprint density at radius 3 is 2.64 bits per heavy atom. The Morgan fingerprint density at radius 1 is 0.960 bits per heavy atom. The quantitative estimate of drug-likeness (QED) is 0.454. The van der Waals surface area contributed by atoms with E-state index in [1.165, 1.54) is 9.13 Å². The molecule has 0 bridgehead atoms. The van der Waals surface area contributed by atoms with E-state index < -0.39 is 0 Å². The molecule has 4 rings (SSSR count). The lowest BCUT2D eigenvalue weighted by Crippen LogP contribution is -2.21. The first kappa shape index (κ1) is 16.1. The van der Waals surface area contributed by atoms with E-state index in [0.29, 0.717) is 0 Å². The summed E-state index contributed by atoms with van der Waals surface area (Å²) in [5.74, 6) is 0. The highest BCUT2D eigenvalue weighted by molar-refractivity contribution is 14.1. The molecule has 1 N–H and O–H groups in total. The van der Waals surface area contributed by atoms with Gasteiger partial charge in [-0.25, -0.2) is 4.68 Å². The molecule has 0 amide bonds. The van der Waals surface area contributed by atoms with Crippen molar-refractivity contribution in [1.82, 2.24) is 15.0 Å². The number of nitrogens with zero attached hydrogens (tertiary/aromatic N) is 3. The molecule has 25 heavy (non-hydrogen) atoms. The first-order chi connectivity index (χ1) is 12.2. The smallest absolute Gasteiger partial charge is 0.149 e. The van der Waals surface area contributed by atoms with E-state index in [4.69, 9.17) is 0 Å². The van der Waals surface area contributed by atoms with Crippen LogP contribution in [0.5, 0.6) is 0 Å². The summed E-state index contributed by atoms with van der Waals surface area (Å²) in [6, 6.07) is 24.8. The number of fused-ring (bicyclic) bond motifs is 1. The third kappa shape index (κ3) is 3.37. The Hall–Kier alpha value is -2.41. The summed E-state index contributed by atoms with van der Waals surface area (Å²) in [6.45, 7) is 2.09. The van der Waals surface area contributed by atoms with Gasteiger partial charge in [0.2, 0.25) is 0 Å². The Morgan fingerprint density at radius 2 is 1.80 bits per heavy atom. The molecule has 4 nitrogen and oxygen atoms in total. The highest BCUT2D eigenvalue weighted by Crippen LogP contribution is 2.26. The number of hydrogen-bond donors (Lipinski definition) is 1. The number of nitrogens with one attached hydrogen (secondary N) is 1. The number of rotatable bonds is 4. The van der Waals surface area contributed by atoms with Crippen molar-refractivity contribution < 1.29 is 0 Å². The molecule has 0 saturated carbocycles. The second-order valence-electron chi connectivity index (χ2n) is 5.99. The molecule has 0 radical (unpaired) electrons. The molecule has 1 atom stereocenters. The Balaban J connectivity index is 1.83. The zero-order valence-electron chi connectivity index (χ0n) is 13.7. The van der Waals surface area contributed by atoms with Gasteiger partial charge in [-0.2, -0.15) is 0 Å². The van der Waals surface area contributed by atoms with Crippen molar-refractivity contribution in [3.63, 3.8) is 0 Å². The Labute approximate surface area is 160 Å². The lowest BCUT2D eigenvalue weighted by atomic mass is 10.1. The fraction of sp³-hybridized carbons (Fsp3) is 0.100. The van der Waals surface area contributed by atoms with Crippen molar-refractivity contribution in [3.05, 3.63) is 87.5 Å². The fourth-order valence-corrected chi connectivity index (χ4v) is 3.50. The number of aromatic nitrogens is 3. The van der Waals surface area contributed by atoms with Gasteiger partial charge in [-0.05, 0) is 77.0 Å². The number of hydrogen-bond acceptors (Lipinski definition) is 3. The van der Waals surface area contributed by atoms with E-state index in [1.807, 2.05) is 28.9 Å². The van der Waals surface area contributed by atoms with Gasteiger partial charge in [0, 0.05) is 9.26 Å². The summed E-state index contributed by atoms with van der Waals surface area (Å²) in [4.78, 5) is 0. The van der Waals surface area contributed by atoms with Crippen LogP contribution in [-0.2, 0) is 0 Å². The molecule has 5 heteroatoms. The summed E-state index contributed by atoms with van der Waals surface area (Å²) in [6.07, 6.45) is -0.135. The molecule has 0 spiro atoms. The standard InChI is InChI=1S/C20H17IN4/c1-14-6-4-9-17(12-14)22-20(15-7-5-8-16(21)13-15)25-19-11-3-2-10-18(19)23-24-25/h2-13,20,22H,1H3. The molecule has 1 aromatic heterocycles. The van der Waals surface area contributed by atoms with Crippen molar-refractivity contribution in [2.45, 2.75) is 13.1 Å². The average molecular weight is 440 g/mol. The first-order valence-corrected chi connectivity index (χ1v) is 9.17. The summed E-state index contributed by atoms with van der Waals surface area (Å²) in [7, 11) is 0. The predicted molar refractivity (Wildman–Crippen MR) is 110 cm³/mol. The zero-order valence-corrected chi connectivity index (χ0v) is 15.9. The molecule has 0 aliphatic rings. The van der Waals surface area contributed by atoms with Gasteiger partial charge in [0.15, 0.2) is 0 Å². The molecular formula is C20H17IN4. The van der Waals surface area contributed by atoms with E-state index in [9.17, 15) is 0 Å². The van der Waals surface area contributed by atoms with Gasteiger partial charge >= 0.3 is 0 Å². The normalized spacial score (nSPS) is 12.2. The number of aryl methyl sites for hydroxylation is 1. The highest BCUT2D eigenvalue weighted by atomic mass is 127. The maximum Gasteiger partial charge on any atom is 0.149 e. The van der Waals surface area contributed by atoms with Crippen molar-refractivity contribution in [3.8, 4) is 0 Å². The number of para-hydroxylation sites is 1. The van der Waals surface area contributed by atoms with Crippen molar-refractivity contribution >= 4 is 39.3 Å². The summed E-state index contributed by atoms with van der Waals surface area (Å²) >= 11 is 2.34. The van der Waals surface area contributed by atoms with Crippen LogP contribution in [0.1, 0.15) is 17.3 Å². The Kier molecular flexibility index (Phi) is 4.40. The van der Waals surface area contributed by atoms with Gasteiger partial charge in [0.1, 0.15) is 11.7 Å². The van der Waals surface area contributed by atoms with Crippen molar-refractivity contribution in [2.75, 3.05) is 5.32 Å². The lowest BCUT2D eigenvalue weighted by Gasteiger charge is -2.21. The van der Waals surface area contributed by atoms with Gasteiger partial charge in [-0.1, -0.05) is 41.6 Å². The van der Waals surface area contributed by atoms with E-state index in [2.05, 4.69) is 93.7 Å². The van der Waals surface area contributed by atoms with Crippen LogP contribution in [0.15, 0.2) is 72.8 Å². The predicted octanol–water partition coefficient (Wildman–Crippen LogP) is 5.00. The molecule has 1 unspecified atom stereocenters. The van der Waals surface area contributed by atoms with Crippen LogP contribution in [0.3, 0.4) is 0 Å². The molecule has 0 saturated heterocycles. The summed E-state index contributed by atoms with van der Waals surface area (Å²) < 4.78 is 3.14. The van der Waals surface area contributed by atoms with Crippen molar-refractivity contribution in [2.24, 2.45) is 0 Å². The maximum absolute atomic E-state index is 4.42. The molecule has 4 aromatic rings. The van der Waals surface area contributed by atoms with Crippen LogP contribution in [0.25, 0.3) is 11.0 Å². The summed E-state index contributed by atoms with van der Waals surface area (Å²) in [5, 5.41) is 12.4. The van der Waals surface area contributed by atoms with Gasteiger partial charge in [-0.3, -0.25) is 0 Å². The monoisotopic (exact) mass is 440 g/mol. The molecule has 1 heterocycles. The largest absolute Gasteiger partial charge is 0.360 e. The topological polar surface area (TPSA) is 42.7 Å². The molecule has 124 valence electrons. The lowest BCUT2D eigenvalue weighted by molar-refractivity contribution is 0.571. The SMILES string of the molecule is Cc1cccc(NC(c2cccc(I)c2)n2nnc3ccccc32)c1. The third-order valence-corrected chi connectivity index (χ3v) is 4.78. The number of halogens is 1. The van der Waals surface area contributed by atoms with Crippen molar-refractivity contribution in [1.29, 1.82) is 0 Å². The highest BCUT2D eigenvalue weighted by Gasteiger charge is 2.18.